The van der Waals surface area contributed by atoms with Crippen LogP contribution in [0.4, 0.5) is 0 Å². The quantitative estimate of drug-likeness (QED) is 0.400. The zero-order valence-electron chi connectivity index (χ0n) is 6.06. The molecule has 2 heteroatoms. The zero-order valence-corrected chi connectivity index (χ0v) is 8.22. The van der Waals surface area contributed by atoms with Crippen LogP contribution in [-0.2, 0) is 4.74 Å². The molecule has 2 atom stereocenters. The van der Waals surface area contributed by atoms with Gasteiger partial charge in [0.25, 0.3) is 0 Å². The van der Waals surface area contributed by atoms with Crippen molar-refractivity contribution in [1.29, 1.82) is 0 Å². The van der Waals surface area contributed by atoms with Crippen molar-refractivity contribution in [3.8, 4) is 0 Å². The van der Waals surface area contributed by atoms with E-state index >= 15 is 0 Å². The Bertz CT molecular complexity index is 77.0. The summed E-state index contributed by atoms with van der Waals surface area (Å²) in [6, 6.07) is 0. The maximum absolute atomic E-state index is 5.59. The van der Waals surface area contributed by atoms with Gasteiger partial charge in [0.1, 0.15) is 0 Å². The Hall–Kier alpha value is 0.690. The van der Waals surface area contributed by atoms with E-state index in [1.54, 1.807) is 0 Å². The minimum atomic E-state index is 0.345. The molecule has 0 amide bonds. The van der Waals surface area contributed by atoms with Gasteiger partial charge in [-0.05, 0) is 0 Å². The summed E-state index contributed by atoms with van der Waals surface area (Å²) >= 11 is 0.345. The van der Waals surface area contributed by atoms with Crippen LogP contribution in [-0.4, -0.2) is 15.6 Å². The molecule has 1 nitrogen and oxygen atoms in total. The second-order valence-electron chi connectivity index (χ2n) is 2.64. The third kappa shape index (κ3) is 2.42. The number of halogens is 1. The van der Waals surface area contributed by atoms with Crippen molar-refractivity contribution < 1.29 is 25.9 Å². The average molecular weight is 241 g/mol. The molecule has 9 heavy (non-hydrogen) atoms. The average Bonchev–Trinajstić information content (AvgIpc) is 1.90. The van der Waals surface area contributed by atoms with E-state index in [0.717, 1.165) is 12.5 Å². The van der Waals surface area contributed by atoms with Crippen molar-refractivity contribution >= 4 is 0 Å². The fraction of sp³-hybridized carbons (Fsp3) is 1.00. The summed E-state index contributed by atoms with van der Waals surface area (Å²) in [5.41, 5.74) is 0. The molecule has 0 saturated carbocycles. The number of ether oxygens (including phenoxy) is 1. The van der Waals surface area contributed by atoms with E-state index in [2.05, 4.69) is 11.9 Å². The van der Waals surface area contributed by atoms with E-state index < -0.39 is 0 Å². The molecule has 0 aliphatic carbocycles. The van der Waals surface area contributed by atoms with Gasteiger partial charge in [-0.2, -0.15) is 0 Å². The van der Waals surface area contributed by atoms with E-state index in [1.807, 2.05) is 0 Å². The zero-order chi connectivity index (χ0) is 6.69. The van der Waals surface area contributed by atoms with Gasteiger partial charge in [0, 0.05) is 0 Å². The molecule has 0 aromatic carbocycles. The van der Waals surface area contributed by atoms with Crippen molar-refractivity contribution in [1.82, 2.24) is 0 Å². The molecule has 1 aliphatic rings. The van der Waals surface area contributed by atoms with Crippen LogP contribution in [0.5, 0.6) is 0 Å². The third-order valence-electron chi connectivity index (χ3n) is 1.69. The molecule has 1 aliphatic heterocycles. The van der Waals surface area contributed by atoms with Gasteiger partial charge in [-0.1, -0.05) is 0 Å². The summed E-state index contributed by atoms with van der Waals surface area (Å²) < 4.78 is 6.27. The minimum absolute atomic E-state index is 0.345. The number of rotatable bonds is 1. The van der Waals surface area contributed by atoms with Crippen LogP contribution >= 0.6 is 0 Å². The summed E-state index contributed by atoms with van der Waals surface area (Å²) in [7, 11) is 0. The Labute approximate surface area is 67.4 Å². The molecule has 1 heterocycles. The summed E-state index contributed by atoms with van der Waals surface area (Å²) in [5.74, 6) is 0.816. The molecule has 0 radical (unpaired) electrons. The molecule has 0 aromatic rings. The van der Waals surface area contributed by atoms with Crippen molar-refractivity contribution in [3.63, 3.8) is 0 Å². The van der Waals surface area contributed by atoms with Crippen LogP contribution in [0.3, 0.4) is 0 Å². The van der Waals surface area contributed by atoms with Gasteiger partial charge in [0.05, 0.1) is 0 Å². The van der Waals surface area contributed by atoms with Crippen LogP contribution in [0, 0.1) is 5.92 Å². The molecular formula is C7H14IO-. The molecule has 0 spiro atoms. The van der Waals surface area contributed by atoms with Gasteiger partial charge < -0.3 is 0 Å². The number of hydrogen-bond acceptors (Lipinski definition) is 1. The van der Waals surface area contributed by atoms with Crippen LogP contribution in [0.15, 0.2) is 0 Å². The Morgan fingerprint density at radius 3 is 2.67 bits per heavy atom. The predicted molar refractivity (Wildman–Crippen MR) is 34.1 cm³/mol. The second-order valence-corrected chi connectivity index (χ2v) is 5.28. The maximum atomic E-state index is 5.59. The topological polar surface area (TPSA) is 9.23 Å². The first-order valence-corrected chi connectivity index (χ1v) is 6.83. The summed E-state index contributed by atoms with van der Waals surface area (Å²) in [4.78, 5) is 2.31. The van der Waals surface area contributed by atoms with Gasteiger partial charge in [-0.3, -0.25) is 0 Å². The molecule has 1 saturated heterocycles. The Morgan fingerprint density at radius 1 is 1.44 bits per heavy atom. The molecule has 0 bridgehead atoms. The summed E-state index contributed by atoms with van der Waals surface area (Å²) in [5, 5.41) is 0. The van der Waals surface area contributed by atoms with Gasteiger partial charge in [0.15, 0.2) is 0 Å². The molecule has 2 unspecified atom stereocenters. The van der Waals surface area contributed by atoms with Crippen molar-refractivity contribution in [2.24, 2.45) is 5.92 Å². The van der Waals surface area contributed by atoms with Crippen molar-refractivity contribution in [2.75, 3.05) is 11.5 Å². The third-order valence-corrected chi connectivity index (χ3v) is 4.06. The number of alkyl halides is 2. The van der Waals surface area contributed by atoms with Crippen LogP contribution < -0.4 is 21.2 Å². The second kappa shape index (κ2) is 3.76. The summed E-state index contributed by atoms with van der Waals surface area (Å²) in [6.45, 7) is 3.28. The molecule has 0 N–H and O–H groups in total. The van der Waals surface area contributed by atoms with Gasteiger partial charge in [-0.25, -0.2) is 0 Å². The molecule has 1 fully saturated rings. The van der Waals surface area contributed by atoms with Gasteiger partial charge >= 0.3 is 67.3 Å². The van der Waals surface area contributed by atoms with Gasteiger partial charge in [-0.15, -0.1) is 0 Å². The van der Waals surface area contributed by atoms with E-state index in [9.17, 15) is 0 Å². The van der Waals surface area contributed by atoms with E-state index in [0.29, 0.717) is 25.3 Å². The molecule has 56 valence electrons. The fourth-order valence-electron chi connectivity index (χ4n) is 1.02. The molecule has 1 rings (SSSR count). The monoisotopic (exact) mass is 241 g/mol. The Balaban J connectivity index is 2.18. The van der Waals surface area contributed by atoms with E-state index in [4.69, 9.17) is 4.74 Å². The SMILES string of the molecule is C[I-]C1CCC(C)CO1. The van der Waals surface area contributed by atoms with E-state index in [-0.39, 0.29) is 0 Å². The summed E-state index contributed by atoms with van der Waals surface area (Å²) in [6.07, 6.45) is 2.71. The first kappa shape index (κ1) is 7.79. The standard InChI is InChI=1S/C7H14IO/c1-6-3-4-7(8-2)9-5-6/h6-7H,3-5H2,1-2H3/q-1. The van der Waals surface area contributed by atoms with E-state index in [1.165, 1.54) is 12.8 Å². The van der Waals surface area contributed by atoms with Crippen LogP contribution in [0.2, 0.25) is 0 Å². The normalized spacial score (nSPS) is 37.1. The molecule has 0 aromatic heterocycles. The Kier molecular flexibility index (Phi) is 3.26. The van der Waals surface area contributed by atoms with Gasteiger partial charge in [0.2, 0.25) is 0 Å². The Morgan fingerprint density at radius 2 is 2.22 bits per heavy atom. The van der Waals surface area contributed by atoms with Crippen molar-refractivity contribution in [2.45, 2.75) is 23.9 Å². The predicted octanol–water partition coefficient (Wildman–Crippen LogP) is -1.52. The first-order valence-electron chi connectivity index (χ1n) is 3.42. The number of hydrogen-bond donors (Lipinski definition) is 0. The van der Waals surface area contributed by atoms with Crippen LogP contribution in [0.1, 0.15) is 19.8 Å². The fourth-order valence-corrected chi connectivity index (χ4v) is 2.57. The van der Waals surface area contributed by atoms with Crippen LogP contribution in [0.25, 0.3) is 0 Å². The molecular weight excluding hydrogens is 227 g/mol. The first-order chi connectivity index (χ1) is 4.33. The van der Waals surface area contributed by atoms with Crippen molar-refractivity contribution in [3.05, 3.63) is 0 Å².